The van der Waals surface area contributed by atoms with Gasteiger partial charge < -0.3 is 14.0 Å². The van der Waals surface area contributed by atoms with Crippen molar-refractivity contribution in [1.82, 2.24) is 9.55 Å². The Hall–Kier alpha value is -3.52. The zero-order valence-electron chi connectivity index (χ0n) is 20.5. The Kier molecular flexibility index (Phi) is 6.76. The monoisotopic (exact) mass is 494 g/mol. The number of methoxy groups -OCH3 is 1. The van der Waals surface area contributed by atoms with E-state index in [2.05, 4.69) is 30.7 Å². The Balaban J connectivity index is 2.12. The standard InChI is InChI=1S/C27H28F2N2O3Si/c1-6-34-27(32)25-24(20-8-7-13-30-26(20)33-2)21-15-19(35(3,4)5)10-12-23(21)31(25)16-17-14-18(28)9-11-22(17)29/h7-15H,6,16H2,1-5H3. The molecular formula is C27H28F2N2O3Si. The molecule has 0 unspecified atom stereocenters. The predicted molar refractivity (Wildman–Crippen MR) is 136 cm³/mol. The molecule has 0 amide bonds. The summed E-state index contributed by atoms with van der Waals surface area (Å²) in [5, 5.41) is 2.00. The van der Waals surface area contributed by atoms with Crippen LogP contribution in [0.15, 0.2) is 54.7 Å². The first kappa shape index (κ1) is 24.6. The molecule has 0 N–H and O–H groups in total. The van der Waals surface area contributed by atoms with Gasteiger partial charge in [0.2, 0.25) is 5.88 Å². The second-order valence-electron chi connectivity index (χ2n) is 9.31. The lowest BCUT2D eigenvalue weighted by Crippen LogP contribution is -2.37. The number of esters is 1. The van der Waals surface area contributed by atoms with Gasteiger partial charge in [0, 0.05) is 33.8 Å². The summed E-state index contributed by atoms with van der Waals surface area (Å²) in [4.78, 5) is 17.7. The van der Waals surface area contributed by atoms with Gasteiger partial charge in [-0.1, -0.05) is 37.0 Å². The highest BCUT2D eigenvalue weighted by atomic mass is 28.3. The minimum absolute atomic E-state index is 0.0525. The van der Waals surface area contributed by atoms with Crippen molar-refractivity contribution in [3.05, 3.63) is 77.6 Å². The van der Waals surface area contributed by atoms with Crippen molar-refractivity contribution in [2.45, 2.75) is 33.1 Å². The zero-order valence-corrected chi connectivity index (χ0v) is 21.5. The summed E-state index contributed by atoms with van der Waals surface area (Å²) >= 11 is 0. The third-order valence-electron chi connectivity index (χ3n) is 5.97. The Bertz CT molecular complexity index is 1410. The first-order valence-corrected chi connectivity index (χ1v) is 14.9. The average molecular weight is 495 g/mol. The van der Waals surface area contributed by atoms with Crippen LogP contribution in [0.25, 0.3) is 22.0 Å². The molecule has 2 aromatic heterocycles. The molecule has 5 nitrogen and oxygen atoms in total. The third kappa shape index (κ3) is 4.70. The van der Waals surface area contributed by atoms with Crippen LogP contribution in [-0.4, -0.2) is 37.3 Å². The Morgan fingerprint density at radius 1 is 1.09 bits per heavy atom. The lowest BCUT2D eigenvalue weighted by molar-refractivity contribution is 0.0516. The highest BCUT2D eigenvalue weighted by molar-refractivity contribution is 6.88. The van der Waals surface area contributed by atoms with E-state index in [-0.39, 0.29) is 24.4 Å². The van der Waals surface area contributed by atoms with E-state index in [0.717, 1.165) is 23.6 Å². The largest absolute Gasteiger partial charge is 0.481 e. The van der Waals surface area contributed by atoms with Gasteiger partial charge in [-0.3, -0.25) is 0 Å². The van der Waals surface area contributed by atoms with E-state index >= 15 is 0 Å². The van der Waals surface area contributed by atoms with Crippen LogP contribution in [0.4, 0.5) is 8.78 Å². The number of pyridine rings is 1. The second kappa shape index (κ2) is 9.62. The molecular weight excluding hydrogens is 466 g/mol. The molecule has 0 saturated heterocycles. The molecule has 0 radical (unpaired) electrons. The number of aromatic nitrogens is 2. The maximum atomic E-state index is 14.7. The lowest BCUT2D eigenvalue weighted by atomic mass is 10.0. The van der Waals surface area contributed by atoms with Gasteiger partial charge in [0.05, 0.1) is 28.3 Å². The predicted octanol–water partition coefficient (Wildman–Crippen LogP) is 5.76. The molecule has 2 heterocycles. The first-order chi connectivity index (χ1) is 16.7. The number of benzene rings is 2. The van der Waals surface area contributed by atoms with Crippen LogP contribution in [0.5, 0.6) is 5.88 Å². The number of carbonyl (C=O) groups excluding carboxylic acids is 1. The third-order valence-corrected chi connectivity index (χ3v) is 8.01. The fourth-order valence-corrected chi connectivity index (χ4v) is 5.41. The van der Waals surface area contributed by atoms with Crippen LogP contribution in [-0.2, 0) is 11.3 Å². The van der Waals surface area contributed by atoms with E-state index in [4.69, 9.17) is 9.47 Å². The van der Waals surface area contributed by atoms with E-state index in [9.17, 15) is 13.6 Å². The Labute approximate surface area is 204 Å². The molecule has 4 aromatic rings. The molecule has 0 aliphatic carbocycles. The van der Waals surface area contributed by atoms with Crippen molar-refractivity contribution in [3.63, 3.8) is 0 Å². The van der Waals surface area contributed by atoms with Gasteiger partial charge in [-0.2, -0.15) is 0 Å². The summed E-state index contributed by atoms with van der Waals surface area (Å²) in [6, 6.07) is 13.0. The van der Waals surface area contributed by atoms with Gasteiger partial charge >= 0.3 is 5.97 Å². The van der Waals surface area contributed by atoms with E-state index in [1.54, 1.807) is 23.8 Å². The van der Waals surface area contributed by atoms with E-state index in [0.29, 0.717) is 22.5 Å². The van der Waals surface area contributed by atoms with Crippen LogP contribution in [0.1, 0.15) is 23.0 Å². The highest BCUT2D eigenvalue weighted by Crippen LogP contribution is 2.39. The molecule has 0 bridgehead atoms. The number of rotatable bonds is 7. The molecule has 4 rings (SSSR count). The van der Waals surface area contributed by atoms with Gasteiger partial charge in [0.25, 0.3) is 0 Å². The van der Waals surface area contributed by atoms with Crippen molar-refractivity contribution in [2.75, 3.05) is 13.7 Å². The smallest absolute Gasteiger partial charge is 0.355 e. The van der Waals surface area contributed by atoms with Crippen molar-refractivity contribution < 1.29 is 23.0 Å². The van der Waals surface area contributed by atoms with Gasteiger partial charge in [0.15, 0.2) is 0 Å². The molecule has 35 heavy (non-hydrogen) atoms. The number of fused-ring (bicyclic) bond motifs is 1. The maximum Gasteiger partial charge on any atom is 0.355 e. The van der Waals surface area contributed by atoms with Crippen molar-refractivity contribution in [3.8, 4) is 17.0 Å². The number of hydrogen-bond donors (Lipinski definition) is 0. The van der Waals surface area contributed by atoms with Crippen molar-refractivity contribution in [1.29, 1.82) is 0 Å². The fourth-order valence-electron chi connectivity index (χ4n) is 4.25. The number of nitrogens with zero attached hydrogens (tertiary/aromatic N) is 2. The van der Waals surface area contributed by atoms with E-state index < -0.39 is 25.7 Å². The summed E-state index contributed by atoms with van der Waals surface area (Å²) in [6.45, 7) is 8.56. The quantitative estimate of drug-likeness (QED) is 0.242. The number of ether oxygens (including phenoxy) is 2. The summed E-state index contributed by atoms with van der Waals surface area (Å²) < 4.78 is 41.4. The summed E-state index contributed by atoms with van der Waals surface area (Å²) in [5.41, 5.74) is 2.30. The summed E-state index contributed by atoms with van der Waals surface area (Å²) in [5.74, 6) is -1.31. The molecule has 0 atom stereocenters. The van der Waals surface area contributed by atoms with Crippen LogP contribution in [0.2, 0.25) is 19.6 Å². The maximum absolute atomic E-state index is 14.7. The lowest BCUT2D eigenvalue weighted by Gasteiger charge is -2.17. The topological polar surface area (TPSA) is 53.4 Å². The second-order valence-corrected chi connectivity index (χ2v) is 14.4. The van der Waals surface area contributed by atoms with Gasteiger partial charge in [0.1, 0.15) is 17.3 Å². The average Bonchev–Trinajstić information content (AvgIpc) is 3.14. The highest BCUT2D eigenvalue weighted by Gasteiger charge is 2.29. The van der Waals surface area contributed by atoms with Crippen LogP contribution in [0.3, 0.4) is 0 Å². The van der Waals surface area contributed by atoms with Gasteiger partial charge in [-0.15, -0.1) is 0 Å². The van der Waals surface area contributed by atoms with E-state index in [1.807, 2.05) is 18.2 Å². The van der Waals surface area contributed by atoms with Crippen LogP contribution >= 0.6 is 0 Å². The minimum atomic E-state index is -1.72. The molecule has 182 valence electrons. The fraction of sp³-hybridized carbons (Fsp3) is 0.259. The molecule has 0 aliphatic rings. The molecule has 8 heteroatoms. The normalized spacial score (nSPS) is 11.6. The Morgan fingerprint density at radius 3 is 2.54 bits per heavy atom. The number of hydrogen-bond acceptors (Lipinski definition) is 4. The van der Waals surface area contributed by atoms with Crippen LogP contribution < -0.4 is 9.92 Å². The number of carbonyl (C=O) groups is 1. The van der Waals surface area contributed by atoms with Gasteiger partial charge in [-0.05, 0) is 43.3 Å². The molecule has 0 fully saturated rings. The summed E-state index contributed by atoms with van der Waals surface area (Å²) in [7, 11) is -0.201. The van der Waals surface area contributed by atoms with Crippen molar-refractivity contribution in [2.24, 2.45) is 0 Å². The molecule has 2 aromatic carbocycles. The Morgan fingerprint density at radius 2 is 1.86 bits per heavy atom. The molecule has 0 saturated carbocycles. The van der Waals surface area contributed by atoms with E-state index in [1.165, 1.54) is 12.3 Å². The molecule has 0 aliphatic heterocycles. The number of halogens is 2. The minimum Gasteiger partial charge on any atom is -0.481 e. The molecule has 0 spiro atoms. The van der Waals surface area contributed by atoms with Crippen molar-refractivity contribution >= 4 is 30.1 Å². The zero-order chi connectivity index (χ0) is 25.3. The SMILES string of the molecule is CCOC(=O)c1c(-c2cccnc2OC)c2cc([Si](C)(C)C)ccc2n1Cc1cc(F)ccc1F. The first-order valence-electron chi connectivity index (χ1n) is 11.4. The summed E-state index contributed by atoms with van der Waals surface area (Å²) in [6.07, 6.45) is 1.61. The van der Waals surface area contributed by atoms with Gasteiger partial charge in [-0.25, -0.2) is 18.6 Å². The van der Waals surface area contributed by atoms with Crippen LogP contribution in [0, 0.1) is 11.6 Å².